The van der Waals surface area contributed by atoms with Gasteiger partial charge in [0, 0.05) is 17.5 Å². The van der Waals surface area contributed by atoms with Crippen LogP contribution in [0.25, 0.3) is 22.0 Å². The first-order valence-electron chi connectivity index (χ1n) is 9.14. The van der Waals surface area contributed by atoms with Gasteiger partial charge < -0.3 is 4.42 Å². The molecule has 0 radical (unpaired) electrons. The van der Waals surface area contributed by atoms with Crippen LogP contribution >= 0.6 is 23.1 Å². The molecule has 150 valence electrons. The van der Waals surface area contributed by atoms with E-state index in [1.165, 1.54) is 33.7 Å². The van der Waals surface area contributed by atoms with Crippen molar-refractivity contribution < 1.29 is 4.42 Å². The Labute approximate surface area is 179 Å². The van der Waals surface area contributed by atoms with Crippen molar-refractivity contribution in [3.8, 4) is 17.1 Å². The topological polar surface area (TPSA) is 91.1 Å². The van der Waals surface area contributed by atoms with Crippen molar-refractivity contribution in [3.63, 3.8) is 0 Å². The van der Waals surface area contributed by atoms with Crippen molar-refractivity contribution in [2.75, 3.05) is 0 Å². The standard InChI is InChI=1S/C20H16N6O2S2/c1-12-16(8-9-28-12)18-22-23-20(25(18)15-6-4-3-5-7-15)29-11-14-10-17(27)26-19(21-14)30-13(2)24-26/h3-10H,11H2,1-2H3. The number of thioether (sulfide) groups is 1. The van der Waals surface area contributed by atoms with Gasteiger partial charge in [0.05, 0.1) is 17.5 Å². The summed E-state index contributed by atoms with van der Waals surface area (Å²) >= 11 is 2.87. The van der Waals surface area contributed by atoms with Gasteiger partial charge in [0.15, 0.2) is 11.0 Å². The molecule has 0 saturated carbocycles. The second kappa shape index (κ2) is 7.54. The molecule has 8 nitrogen and oxygen atoms in total. The predicted octanol–water partition coefficient (Wildman–Crippen LogP) is 3.90. The Hall–Kier alpha value is -3.24. The third-order valence-corrected chi connectivity index (χ3v) is 6.28. The third kappa shape index (κ3) is 3.33. The highest BCUT2D eigenvalue weighted by atomic mass is 32.2. The smallest absolute Gasteiger partial charge is 0.275 e. The van der Waals surface area contributed by atoms with Crippen molar-refractivity contribution in [2.24, 2.45) is 0 Å². The number of nitrogens with zero attached hydrogens (tertiary/aromatic N) is 6. The summed E-state index contributed by atoms with van der Waals surface area (Å²) in [4.78, 5) is 17.5. The van der Waals surface area contributed by atoms with Gasteiger partial charge in [0.1, 0.15) is 10.8 Å². The molecule has 5 aromatic rings. The van der Waals surface area contributed by atoms with E-state index < -0.39 is 0 Å². The average Bonchev–Trinajstić information content (AvgIpc) is 3.44. The summed E-state index contributed by atoms with van der Waals surface area (Å²) in [6.07, 6.45) is 1.64. The van der Waals surface area contributed by atoms with Gasteiger partial charge in [-0.2, -0.15) is 9.61 Å². The van der Waals surface area contributed by atoms with Crippen molar-refractivity contribution in [3.05, 3.63) is 75.5 Å². The molecule has 0 bridgehead atoms. The number of fused-ring (bicyclic) bond motifs is 1. The van der Waals surface area contributed by atoms with Gasteiger partial charge in [-0.1, -0.05) is 41.3 Å². The largest absolute Gasteiger partial charge is 0.469 e. The van der Waals surface area contributed by atoms with E-state index in [1.54, 1.807) is 6.26 Å². The highest BCUT2D eigenvalue weighted by Gasteiger charge is 2.19. The van der Waals surface area contributed by atoms with E-state index in [-0.39, 0.29) is 5.56 Å². The summed E-state index contributed by atoms with van der Waals surface area (Å²) in [6.45, 7) is 3.75. The van der Waals surface area contributed by atoms with Gasteiger partial charge in [-0.15, -0.1) is 10.2 Å². The number of aromatic nitrogens is 6. The lowest BCUT2D eigenvalue weighted by Gasteiger charge is -2.09. The molecule has 0 aliphatic heterocycles. The minimum absolute atomic E-state index is 0.181. The minimum atomic E-state index is -0.181. The number of furan rings is 1. The fraction of sp³-hybridized carbons (Fsp3) is 0.150. The average molecular weight is 437 g/mol. The molecule has 0 amide bonds. The van der Waals surface area contributed by atoms with Gasteiger partial charge in [0.2, 0.25) is 4.96 Å². The van der Waals surface area contributed by atoms with E-state index in [2.05, 4.69) is 20.3 Å². The molecule has 0 aliphatic rings. The SMILES string of the molecule is Cc1nn2c(=O)cc(CSc3nnc(-c4ccoc4C)n3-c3ccccc3)nc2s1. The van der Waals surface area contributed by atoms with Gasteiger partial charge in [-0.25, -0.2) is 4.98 Å². The van der Waals surface area contributed by atoms with E-state index in [1.807, 2.05) is 54.8 Å². The van der Waals surface area contributed by atoms with E-state index >= 15 is 0 Å². The second-order valence-electron chi connectivity index (χ2n) is 6.56. The van der Waals surface area contributed by atoms with E-state index in [0.717, 1.165) is 22.0 Å². The molecule has 10 heteroatoms. The number of hydrogen-bond donors (Lipinski definition) is 0. The molecular formula is C20H16N6O2S2. The maximum atomic E-state index is 12.3. The van der Waals surface area contributed by atoms with Crippen LogP contribution < -0.4 is 5.56 Å². The van der Waals surface area contributed by atoms with Crippen molar-refractivity contribution in [1.82, 2.24) is 29.4 Å². The number of aryl methyl sites for hydroxylation is 2. The number of para-hydroxylation sites is 1. The third-order valence-electron chi connectivity index (χ3n) is 4.50. The van der Waals surface area contributed by atoms with Crippen LogP contribution in [-0.2, 0) is 5.75 Å². The quantitative estimate of drug-likeness (QED) is 0.386. The Balaban J connectivity index is 1.53. The normalized spacial score (nSPS) is 11.4. The van der Waals surface area contributed by atoms with Crippen molar-refractivity contribution in [2.45, 2.75) is 24.8 Å². The van der Waals surface area contributed by atoms with Crippen LogP contribution in [0.2, 0.25) is 0 Å². The molecule has 0 aliphatic carbocycles. The summed E-state index contributed by atoms with van der Waals surface area (Å²) < 4.78 is 8.79. The van der Waals surface area contributed by atoms with Gasteiger partial charge >= 0.3 is 0 Å². The molecule has 1 aromatic carbocycles. The molecular weight excluding hydrogens is 420 g/mol. The summed E-state index contributed by atoms with van der Waals surface area (Å²) in [6, 6.07) is 13.3. The van der Waals surface area contributed by atoms with Crippen LogP contribution in [0.4, 0.5) is 0 Å². The first kappa shape index (κ1) is 18.8. The summed E-state index contributed by atoms with van der Waals surface area (Å²) in [5.74, 6) is 1.96. The Bertz CT molecular complexity index is 1400. The second-order valence-corrected chi connectivity index (χ2v) is 8.66. The zero-order valence-electron chi connectivity index (χ0n) is 16.1. The Morgan fingerprint density at radius 1 is 1.13 bits per heavy atom. The van der Waals surface area contributed by atoms with Crippen LogP contribution in [-0.4, -0.2) is 29.4 Å². The highest BCUT2D eigenvalue weighted by Crippen LogP contribution is 2.31. The monoisotopic (exact) mass is 436 g/mol. The highest BCUT2D eigenvalue weighted by molar-refractivity contribution is 7.98. The van der Waals surface area contributed by atoms with E-state index in [4.69, 9.17) is 4.42 Å². The molecule has 0 fully saturated rings. The maximum Gasteiger partial charge on any atom is 0.275 e. The number of hydrogen-bond acceptors (Lipinski definition) is 8. The van der Waals surface area contributed by atoms with Crippen LogP contribution in [0.3, 0.4) is 0 Å². The van der Waals surface area contributed by atoms with E-state index in [0.29, 0.717) is 27.4 Å². The van der Waals surface area contributed by atoms with Gasteiger partial charge in [-0.3, -0.25) is 9.36 Å². The number of rotatable bonds is 5. The lowest BCUT2D eigenvalue weighted by atomic mass is 10.2. The summed E-state index contributed by atoms with van der Waals surface area (Å²) in [5, 5.41) is 14.5. The maximum absolute atomic E-state index is 12.3. The van der Waals surface area contributed by atoms with Crippen LogP contribution in [0.5, 0.6) is 0 Å². The lowest BCUT2D eigenvalue weighted by molar-refractivity contribution is 0.535. The zero-order chi connectivity index (χ0) is 20.7. The molecule has 30 heavy (non-hydrogen) atoms. The molecule has 0 spiro atoms. The Morgan fingerprint density at radius 3 is 2.73 bits per heavy atom. The Morgan fingerprint density at radius 2 is 1.97 bits per heavy atom. The number of benzene rings is 1. The van der Waals surface area contributed by atoms with Crippen LogP contribution in [0, 0.1) is 13.8 Å². The lowest BCUT2D eigenvalue weighted by Crippen LogP contribution is -2.15. The van der Waals surface area contributed by atoms with Crippen LogP contribution in [0.1, 0.15) is 16.5 Å². The molecule has 4 aromatic heterocycles. The molecule has 5 rings (SSSR count). The van der Waals surface area contributed by atoms with E-state index in [9.17, 15) is 4.79 Å². The van der Waals surface area contributed by atoms with Crippen molar-refractivity contribution >= 4 is 28.1 Å². The van der Waals surface area contributed by atoms with Crippen LogP contribution in [0.15, 0.2) is 63.1 Å². The fourth-order valence-electron chi connectivity index (χ4n) is 3.13. The summed E-state index contributed by atoms with van der Waals surface area (Å²) in [7, 11) is 0. The van der Waals surface area contributed by atoms with Gasteiger partial charge in [-0.05, 0) is 32.0 Å². The predicted molar refractivity (Wildman–Crippen MR) is 115 cm³/mol. The summed E-state index contributed by atoms with van der Waals surface area (Å²) in [5.41, 5.74) is 2.33. The minimum Gasteiger partial charge on any atom is -0.469 e. The molecule has 0 N–H and O–H groups in total. The first-order chi connectivity index (χ1) is 14.6. The molecule has 0 atom stereocenters. The van der Waals surface area contributed by atoms with Gasteiger partial charge in [0.25, 0.3) is 5.56 Å². The first-order valence-corrected chi connectivity index (χ1v) is 10.9. The molecule has 0 unspecified atom stereocenters. The Kier molecular flexibility index (Phi) is 4.72. The molecule has 4 heterocycles. The van der Waals surface area contributed by atoms with Crippen molar-refractivity contribution in [1.29, 1.82) is 0 Å². The zero-order valence-corrected chi connectivity index (χ0v) is 17.8. The molecule has 0 saturated heterocycles. The fourth-order valence-corrected chi connectivity index (χ4v) is 4.74.